The molecule has 0 aromatic rings. The Morgan fingerprint density at radius 3 is 2.78 bits per heavy atom. The summed E-state index contributed by atoms with van der Waals surface area (Å²) < 4.78 is 5.33. The highest BCUT2D eigenvalue weighted by molar-refractivity contribution is 5.79. The highest BCUT2D eigenvalue weighted by Crippen LogP contribution is 2.19. The number of amides is 1. The maximum absolute atomic E-state index is 11.8. The third kappa shape index (κ3) is 3.43. The monoisotopic (exact) mass is 256 g/mol. The van der Waals surface area contributed by atoms with Crippen LogP contribution in [0.4, 0.5) is 0 Å². The van der Waals surface area contributed by atoms with Crippen molar-refractivity contribution in [1.82, 2.24) is 10.6 Å². The van der Waals surface area contributed by atoms with Gasteiger partial charge < -0.3 is 20.5 Å². The number of piperidine rings is 1. The minimum atomic E-state index is -0.916. The summed E-state index contributed by atoms with van der Waals surface area (Å²) in [6, 6.07) is 0. The third-order valence-corrected chi connectivity index (χ3v) is 3.55. The standard InChI is InChI=1S/C12H20N2O4/c15-11(8-2-1-5-13-6-8)14-7-9-3-4-10(18-9)12(16)17/h8-10,13H,1-7H2,(H,14,15)(H,16,17). The molecule has 3 N–H and O–H groups in total. The number of aliphatic carboxylic acids is 1. The van der Waals surface area contributed by atoms with E-state index in [0.717, 1.165) is 25.9 Å². The summed E-state index contributed by atoms with van der Waals surface area (Å²) in [6.07, 6.45) is 2.30. The Labute approximate surface area is 106 Å². The molecule has 0 spiro atoms. The van der Waals surface area contributed by atoms with Gasteiger partial charge in [0.05, 0.1) is 12.0 Å². The lowest BCUT2D eigenvalue weighted by molar-refractivity contribution is -0.149. The van der Waals surface area contributed by atoms with E-state index in [2.05, 4.69) is 10.6 Å². The van der Waals surface area contributed by atoms with Gasteiger partial charge >= 0.3 is 5.97 Å². The number of rotatable bonds is 4. The van der Waals surface area contributed by atoms with Crippen LogP contribution in [0.2, 0.25) is 0 Å². The second-order valence-electron chi connectivity index (χ2n) is 4.95. The minimum absolute atomic E-state index is 0.0374. The van der Waals surface area contributed by atoms with E-state index in [4.69, 9.17) is 9.84 Å². The summed E-state index contributed by atoms with van der Waals surface area (Å²) in [5.74, 6) is -0.833. The van der Waals surface area contributed by atoms with Gasteiger partial charge in [-0.25, -0.2) is 4.79 Å². The van der Waals surface area contributed by atoms with Gasteiger partial charge in [-0.15, -0.1) is 0 Å². The highest BCUT2D eigenvalue weighted by Gasteiger charge is 2.31. The normalized spacial score (nSPS) is 32.1. The zero-order valence-corrected chi connectivity index (χ0v) is 10.4. The molecule has 2 saturated heterocycles. The molecule has 18 heavy (non-hydrogen) atoms. The first kappa shape index (κ1) is 13.3. The van der Waals surface area contributed by atoms with Crippen molar-refractivity contribution in [2.75, 3.05) is 19.6 Å². The molecule has 2 aliphatic heterocycles. The van der Waals surface area contributed by atoms with Crippen molar-refractivity contribution in [1.29, 1.82) is 0 Å². The largest absolute Gasteiger partial charge is 0.479 e. The maximum Gasteiger partial charge on any atom is 0.332 e. The van der Waals surface area contributed by atoms with Gasteiger partial charge in [0.15, 0.2) is 6.10 Å². The van der Waals surface area contributed by atoms with Gasteiger partial charge in [-0.1, -0.05) is 0 Å². The molecule has 2 fully saturated rings. The molecule has 102 valence electrons. The average Bonchev–Trinajstić information content (AvgIpc) is 2.86. The SMILES string of the molecule is O=C(NCC1CCC(C(=O)O)O1)C1CCCNC1. The first-order valence-electron chi connectivity index (χ1n) is 6.53. The highest BCUT2D eigenvalue weighted by atomic mass is 16.5. The van der Waals surface area contributed by atoms with E-state index in [1.54, 1.807) is 0 Å². The van der Waals surface area contributed by atoms with Gasteiger partial charge in [0.1, 0.15) is 0 Å². The van der Waals surface area contributed by atoms with Crippen LogP contribution in [-0.4, -0.2) is 48.8 Å². The van der Waals surface area contributed by atoms with Crippen molar-refractivity contribution in [3.8, 4) is 0 Å². The summed E-state index contributed by atoms with van der Waals surface area (Å²) in [4.78, 5) is 22.6. The molecule has 3 unspecified atom stereocenters. The van der Waals surface area contributed by atoms with Gasteiger partial charge in [0.25, 0.3) is 0 Å². The van der Waals surface area contributed by atoms with Gasteiger partial charge in [0.2, 0.25) is 5.91 Å². The summed E-state index contributed by atoms with van der Waals surface area (Å²) in [6.45, 7) is 2.13. The number of carbonyl (C=O) groups is 2. The molecule has 0 aliphatic carbocycles. The van der Waals surface area contributed by atoms with Crippen LogP contribution in [0, 0.1) is 5.92 Å². The Kier molecular flexibility index (Phi) is 4.54. The Hall–Kier alpha value is -1.14. The Morgan fingerprint density at radius 1 is 1.33 bits per heavy atom. The third-order valence-electron chi connectivity index (χ3n) is 3.55. The quantitative estimate of drug-likeness (QED) is 0.644. The predicted octanol–water partition coefficient (Wildman–Crippen LogP) is -0.266. The minimum Gasteiger partial charge on any atom is -0.479 e. The maximum atomic E-state index is 11.8. The topological polar surface area (TPSA) is 87.7 Å². The van der Waals surface area contributed by atoms with Crippen LogP contribution >= 0.6 is 0 Å². The molecule has 2 heterocycles. The van der Waals surface area contributed by atoms with Gasteiger partial charge in [-0.2, -0.15) is 0 Å². The van der Waals surface area contributed by atoms with Crippen LogP contribution in [0.1, 0.15) is 25.7 Å². The van der Waals surface area contributed by atoms with E-state index in [1.165, 1.54) is 0 Å². The van der Waals surface area contributed by atoms with Crippen molar-refractivity contribution < 1.29 is 19.4 Å². The predicted molar refractivity (Wildman–Crippen MR) is 64.1 cm³/mol. The molecule has 0 radical (unpaired) electrons. The number of carboxylic acids is 1. The first-order chi connectivity index (χ1) is 8.66. The molecule has 1 amide bonds. The summed E-state index contributed by atoms with van der Waals surface area (Å²) in [5, 5.41) is 14.8. The molecule has 2 aliphatic rings. The summed E-state index contributed by atoms with van der Waals surface area (Å²) in [7, 11) is 0. The van der Waals surface area contributed by atoms with E-state index in [-0.39, 0.29) is 17.9 Å². The van der Waals surface area contributed by atoms with E-state index in [1.807, 2.05) is 0 Å². The lowest BCUT2D eigenvalue weighted by atomic mass is 9.99. The van der Waals surface area contributed by atoms with Crippen molar-refractivity contribution in [3.05, 3.63) is 0 Å². The fourth-order valence-electron chi connectivity index (χ4n) is 2.47. The van der Waals surface area contributed by atoms with Gasteiger partial charge in [-0.05, 0) is 32.2 Å². The Balaban J connectivity index is 1.68. The van der Waals surface area contributed by atoms with E-state index in [9.17, 15) is 9.59 Å². The lowest BCUT2D eigenvalue weighted by Gasteiger charge is -2.22. The molecule has 0 saturated carbocycles. The zero-order chi connectivity index (χ0) is 13.0. The number of ether oxygens (including phenoxy) is 1. The van der Waals surface area contributed by atoms with Crippen molar-refractivity contribution in [3.63, 3.8) is 0 Å². The molecule has 0 bridgehead atoms. The summed E-state index contributed by atoms with van der Waals surface area (Å²) >= 11 is 0. The molecular weight excluding hydrogens is 236 g/mol. The lowest BCUT2D eigenvalue weighted by Crippen LogP contribution is -2.42. The van der Waals surface area contributed by atoms with Crippen LogP contribution in [0.3, 0.4) is 0 Å². The number of hydrogen-bond donors (Lipinski definition) is 3. The molecule has 6 nitrogen and oxygen atoms in total. The van der Waals surface area contributed by atoms with Crippen LogP contribution in [0.5, 0.6) is 0 Å². The van der Waals surface area contributed by atoms with Crippen molar-refractivity contribution >= 4 is 11.9 Å². The molecule has 0 aromatic heterocycles. The molecule has 0 aromatic carbocycles. The fourth-order valence-corrected chi connectivity index (χ4v) is 2.47. The number of nitrogens with one attached hydrogen (secondary N) is 2. The number of hydrogen-bond acceptors (Lipinski definition) is 4. The zero-order valence-electron chi connectivity index (χ0n) is 10.4. The van der Waals surface area contributed by atoms with Crippen molar-refractivity contribution in [2.45, 2.75) is 37.9 Å². The van der Waals surface area contributed by atoms with E-state index in [0.29, 0.717) is 19.4 Å². The Bertz CT molecular complexity index is 315. The van der Waals surface area contributed by atoms with Crippen LogP contribution < -0.4 is 10.6 Å². The molecule has 6 heteroatoms. The Morgan fingerprint density at radius 2 is 2.17 bits per heavy atom. The smallest absolute Gasteiger partial charge is 0.332 e. The fraction of sp³-hybridized carbons (Fsp3) is 0.833. The van der Waals surface area contributed by atoms with Crippen molar-refractivity contribution in [2.24, 2.45) is 5.92 Å². The second kappa shape index (κ2) is 6.15. The molecule has 3 atom stereocenters. The van der Waals surface area contributed by atoms with Crippen LogP contribution in [0.25, 0.3) is 0 Å². The van der Waals surface area contributed by atoms with Crippen LogP contribution in [0.15, 0.2) is 0 Å². The first-order valence-corrected chi connectivity index (χ1v) is 6.53. The van der Waals surface area contributed by atoms with Crippen LogP contribution in [-0.2, 0) is 14.3 Å². The van der Waals surface area contributed by atoms with E-state index < -0.39 is 12.1 Å². The summed E-state index contributed by atoms with van der Waals surface area (Å²) in [5.41, 5.74) is 0. The molecule has 2 rings (SSSR count). The number of carboxylic acid groups (broad SMARTS) is 1. The van der Waals surface area contributed by atoms with Gasteiger partial charge in [-0.3, -0.25) is 4.79 Å². The van der Waals surface area contributed by atoms with E-state index >= 15 is 0 Å². The molecular formula is C12H20N2O4. The van der Waals surface area contributed by atoms with Gasteiger partial charge in [0, 0.05) is 13.1 Å². The number of carbonyl (C=O) groups excluding carboxylic acids is 1. The second-order valence-corrected chi connectivity index (χ2v) is 4.95. The average molecular weight is 256 g/mol.